The van der Waals surface area contributed by atoms with Crippen LogP contribution in [0.15, 0.2) is 30.3 Å². The van der Waals surface area contributed by atoms with Crippen LogP contribution >= 0.6 is 0 Å². The number of hydrogen-bond donors (Lipinski definition) is 1. The largest absolute Gasteiger partial charge is 0.494 e. The first kappa shape index (κ1) is 12.0. The molecule has 1 rings (SSSR count). The molecule has 0 heterocycles. The Hall–Kier alpha value is -1.06. The van der Waals surface area contributed by atoms with Crippen molar-refractivity contribution in [2.45, 2.75) is 6.42 Å². The highest BCUT2D eigenvalue weighted by Crippen LogP contribution is 2.08. The number of para-hydroxylation sites is 1. The van der Waals surface area contributed by atoms with Gasteiger partial charge in [-0.15, -0.1) is 0 Å². The van der Waals surface area contributed by atoms with Crippen LogP contribution in [0.25, 0.3) is 0 Å². The van der Waals surface area contributed by atoms with Gasteiger partial charge < -0.3 is 14.7 Å². The van der Waals surface area contributed by atoms with Crippen molar-refractivity contribution < 1.29 is 9.84 Å². The molecule has 1 N–H and O–H groups in total. The zero-order valence-electron chi connectivity index (χ0n) is 9.22. The third-order valence-electron chi connectivity index (χ3n) is 2.18. The molecule has 0 saturated heterocycles. The van der Waals surface area contributed by atoms with E-state index in [2.05, 4.69) is 4.90 Å². The molecule has 0 unspecified atom stereocenters. The van der Waals surface area contributed by atoms with Gasteiger partial charge in [0, 0.05) is 13.1 Å². The van der Waals surface area contributed by atoms with Crippen LogP contribution in [-0.2, 0) is 0 Å². The smallest absolute Gasteiger partial charge is 0.119 e. The van der Waals surface area contributed by atoms with Crippen LogP contribution in [0, 0.1) is 0 Å². The molecule has 0 saturated carbocycles. The van der Waals surface area contributed by atoms with Crippen molar-refractivity contribution in [3.05, 3.63) is 30.3 Å². The van der Waals surface area contributed by atoms with Gasteiger partial charge in [-0.2, -0.15) is 0 Å². The number of aliphatic hydroxyl groups excluding tert-OH is 1. The summed E-state index contributed by atoms with van der Waals surface area (Å²) in [5, 5.41) is 8.70. The van der Waals surface area contributed by atoms with E-state index < -0.39 is 0 Å². The molecule has 0 aliphatic rings. The van der Waals surface area contributed by atoms with Crippen molar-refractivity contribution in [1.82, 2.24) is 4.90 Å². The van der Waals surface area contributed by atoms with E-state index in [0.29, 0.717) is 0 Å². The van der Waals surface area contributed by atoms with E-state index in [1.54, 1.807) is 0 Å². The number of rotatable bonds is 7. The molecular weight excluding hydrogens is 190 g/mol. The average Bonchev–Trinajstić information content (AvgIpc) is 2.26. The van der Waals surface area contributed by atoms with Crippen molar-refractivity contribution in [1.29, 1.82) is 0 Å². The first-order valence-corrected chi connectivity index (χ1v) is 5.30. The first-order chi connectivity index (χ1) is 7.33. The minimum Gasteiger partial charge on any atom is -0.494 e. The SMILES string of the molecule is CN(CCO)CCCOc1ccccc1. The van der Waals surface area contributed by atoms with Crippen LogP contribution in [0.1, 0.15) is 6.42 Å². The van der Waals surface area contributed by atoms with E-state index >= 15 is 0 Å². The minimum absolute atomic E-state index is 0.218. The predicted molar refractivity (Wildman–Crippen MR) is 61.1 cm³/mol. The summed E-state index contributed by atoms with van der Waals surface area (Å²) < 4.78 is 5.55. The number of aliphatic hydroxyl groups is 1. The van der Waals surface area contributed by atoms with Gasteiger partial charge in [-0.25, -0.2) is 0 Å². The summed E-state index contributed by atoms with van der Waals surface area (Å²) in [6, 6.07) is 9.82. The molecule has 3 nitrogen and oxygen atoms in total. The Balaban J connectivity index is 2.07. The van der Waals surface area contributed by atoms with Crippen LogP contribution in [0.5, 0.6) is 5.75 Å². The highest BCUT2D eigenvalue weighted by Gasteiger charge is 1.97. The van der Waals surface area contributed by atoms with Crippen LogP contribution in [-0.4, -0.2) is 43.4 Å². The molecule has 0 bridgehead atoms. The van der Waals surface area contributed by atoms with Gasteiger partial charge in [0.25, 0.3) is 0 Å². The molecule has 1 aromatic rings. The molecule has 15 heavy (non-hydrogen) atoms. The summed E-state index contributed by atoms with van der Waals surface area (Å²) in [4.78, 5) is 2.09. The second-order valence-corrected chi connectivity index (χ2v) is 3.54. The summed E-state index contributed by atoms with van der Waals surface area (Å²) in [7, 11) is 2.00. The molecule has 84 valence electrons. The van der Waals surface area contributed by atoms with Crippen LogP contribution in [0.2, 0.25) is 0 Å². The fourth-order valence-corrected chi connectivity index (χ4v) is 1.32. The lowest BCUT2D eigenvalue weighted by atomic mass is 10.3. The quantitative estimate of drug-likeness (QED) is 0.689. The minimum atomic E-state index is 0.218. The fourth-order valence-electron chi connectivity index (χ4n) is 1.32. The van der Waals surface area contributed by atoms with Gasteiger partial charge in [0.15, 0.2) is 0 Å². The van der Waals surface area contributed by atoms with Crippen molar-refractivity contribution in [3.63, 3.8) is 0 Å². The topological polar surface area (TPSA) is 32.7 Å². The number of nitrogens with zero attached hydrogens (tertiary/aromatic N) is 1. The van der Waals surface area contributed by atoms with Crippen molar-refractivity contribution in [2.24, 2.45) is 0 Å². The van der Waals surface area contributed by atoms with E-state index in [1.807, 2.05) is 37.4 Å². The van der Waals surface area contributed by atoms with Gasteiger partial charge in [0.1, 0.15) is 5.75 Å². The predicted octanol–water partition coefficient (Wildman–Crippen LogP) is 1.38. The molecule has 0 aliphatic heterocycles. The van der Waals surface area contributed by atoms with Crippen molar-refractivity contribution in [2.75, 3.05) is 33.4 Å². The van der Waals surface area contributed by atoms with E-state index in [-0.39, 0.29) is 6.61 Å². The number of benzene rings is 1. The molecule has 0 atom stereocenters. The molecule has 0 fully saturated rings. The number of ether oxygens (including phenoxy) is 1. The van der Waals surface area contributed by atoms with E-state index in [1.165, 1.54) is 0 Å². The Labute approximate surface area is 91.3 Å². The standard InChI is InChI=1S/C12H19NO2/c1-13(9-10-14)8-5-11-15-12-6-3-2-4-7-12/h2-4,6-7,14H,5,8-11H2,1H3. The van der Waals surface area contributed by atoms with E-state index in [4.69, 9.17) is 9.84 Å². The Kier molecular flexibility index (Phi) is 5.81. The summed E-state index contributed by atoms with van der Waals surface area (Å²) in [5.74, 6) is 0.919. The first-order valence-electron chi connectivity index (χ1n) is 5.30. The molecule has 1 aromatic carbocycles. The molecule has 0 amide bonds. The lowest BCUT2D eigenvalue weighted by Crippen LogP contribution is -2.24. The van der Waals surface area contributed by atoms with Gasteiger partial charge in [-0.3, -0.25) is 0 Å². The van der Waals surface area contributed by atoms with Gasteiger partial charge in [-0.1, -0.05) is 18.2 Å². The fraction of sp³-hybridized carbons (Fsp3) is 0.500. The molecule has 0 radical (unpaired) electrons. The lowest BCUT2D eigenvalue weighted by molar-refractivity contribution is 0.207. The Morgan fingerprint density at radius 2 is 1.93 bits per heavy atom. The van der Waals surface area contributed by atoms with Gasteiger partial charge in [0.2, 0.25) is 0 Å². The molecular formula is C12H19NO2. The third kappa shape index (κ3) is 5.40. The van der Waals surface area contributed by atoms with Crippen molar-refractivity contribution in [3.8, 4) is 5.75 Å². The Morgan fingerprint density at radius 3 is 2.60 bits per heavy atom. The van der Waals surface area contributed by atoms with Crippen LogP contribution in [0.3, 0.4) is 0 Å². The van der Waals surface area contributed by atoms with Crippen molar-refractivity contribution >= 4 is 0 Å². The van der Waals surface area contributed by atoms with Gasteiger partial charge in [0.05, 0.1) is 13.2 Å². The molecule has 0 aliphatic carbocycles. The van der Waals surface area contributed by atoms with Gasteiger partial charge in [-0.05, 0) is 25.6 Å². The molecule has 0 aromatic heterocycles. The van der Waals surface area contributed by atoms with E-state index in [0.717, 1.165) is 31.9 Å². The number of hydrogen-bond acceptors (Lipinski definition) is 3. The maximum absolute atomic E-state index is 8.70. The Morgan fingerprint density at radius 1 is 1.20 bits per heavy atom. The van der Waals surface area contributed by atoms with Crippen LogP contribution in [0.4, 0.5) is 0 Å². The highest BCUT2D eigenvalue weighted by atomic mass is 16.5. The summed E-state index contributed by atoms with van der Waals surface area (Å²) in [6.07, 6.45) is 0.978. The maximum atomic E-state index is 8.70. The third-order valence-corrected chi connectivity index (χ3v) is 2.18. The highest BCUT2D eigenvalue weighted by molar-refractivity contribution is 5.20. The normalized spacial score (nSPS) is 10.6. The second-order valence-electron chi connectivity index (χ2n) is 3.54. The average molecular weight is 209 g/mol. The lowest BCUT2D eigenvalue weighted by Gasteiger charge is -2.14. The monoisotopic (exact) mass is 209 g/mol. The maximum Gasteiger partial charge on any atom is 0.119 e. The zero-order valence-corrected chi connectivity index (χ0v) is 9.22. The van der Waals surface area contributed by atoms with E-state index in [9.17, 15) is 0 Å². The second kappa shape index (κ2) is 7.26. The summed E-state index contributed by atoms with van der Waals surface area (Å²) in [5.41, 5.74) is 0. The van der Waals surface area contributed by atoms with Gasteiger partial charge >= 0.3 is 0 Å². The zero-order chi connectivity index (χ0) is 10.9. The Bertz CT molecular complexity index is 251. The summed E-state index contributed by atoms with van der Waals surface area (Å²) in [6.45, 7) is 2.62. The molecule has 0 spiro atoms. The van der Waals surface area contributed by atoms with Crippen LogP contribution < -0.4 is 4.74 Å². The summed E-state index contributed by atoms with van der Waals surface area (Å²) >= 11 is 0. The molecule has 3 heteroatoms. The number of likely N-dealkylation sites (N-methyl/N-ethyl adjacent to an activating group) is 1.